The second-order valence-corrected chi connectivity index (χ2v) is 5.13. The van der Waals surface area contributed by atoms with Gasteiger partial charge in [0.05, 0.1) is 0 Å². The van der Waals surface area contributed by atoms with E-state index in [0.29, 0.717) is 0 Å². The number of piperazine rings is 1. The van der Waals surface area contributed by atoms with Gasteiger partial charge < -0.3 is 14.7 Å². The summed E-state index contributed by atoms with van der Waals surface area (Å²) in [7, 11) is 2.16. The first kappa shape index (κ1) is 14.1. The third-order valence-corrected chi connectivity index (χ3v) is 3.70. The fourth-order valence-corrected chi connectivity index (χ4v) is 2.39. The molecule has 0 amide bonds. The lowest BCUT2D eigenvalue weighted by Crippen LogP contribution is -2.45. The normalized spacial score (nSPS) is 16.7. The molecule has 5 nitrogen and oxygen atoms in total. The minimum absolute atomic E-state index is 0.884. The molecule has 1 aliphatic heterocycles. The summed E-state index contributed by atoms with van der Waals surface area (Å²) in [5.41, 5.74) is 1.05. The van der Waals surface area contributed by atoms with Crippen LogP contribution in [0.3, 0.4) is 0 Å². The Kier molecular flexibility index (Phi) is 4.58. The molecular weight excluding hydrogens is 238 g/mol. The molecule has 1 fully saturated rings. The zero-order valence-corrected chi connectivity index (χ0v) is 12.6. The average Bonchev–Trinajstić information content (AvgIpc) is 2.40. The zero-order chi connectivity index (χ0) is 13.8. The van der Waals surface area contributed by atoms with Crippen LogP contribution in [0.15, 0.2) is 6.07 Å². The van der Waals surface area contributed by atoms with E-state index in [2.05, 4.69) is 46.6 Å². The lowest BCUT2D eigenvalue weighted by molar-refractivity contribution is 0.311. The standard InChI is InChI=1S/C14H25N5/c1-5-18(6-2)13-11-12(3)15-14(16-13)19-9-7-17(4)8-10-19/h11H,5-10H2,1-4H3. The molecular formula is C14H25N5. The maximum absolute atomic E-state index is 4.75. The van der Waals surface area contributed by atoms with Crippen molar-refractivity contribution in [1.29, 1.82) is 0 Å². The van der Waals surface area contributed by atoms with Gasteiger partial charge in [-0.15, -0.1) is 0 Å². The molecule has 2 rings (SSSR count). The Hall–Kier alpha value is -1.36. The molecule has 0 aromatic carbocycles. The predicted octanol–water partition coefficient (Wildman–Crippen LogP) is 1.38. The van der Waals surface area contributed by atoms with Gasteiger partial charge in [0, 0.05) is 51.0 Å². The monoisotopic (exact) mass is 263 g/mol. The lowest BCUT2D eigenvalue weighted by Gasteiger charge is -2.33. The number of hydrogen-bond donors (Lipinski definition) is 0. The van der Waals surface area contributed by atoms with E-state index in [-0.39, 0.29) is 0 Å². The molecule has 0 spiro atoms. The van der Waals surface area contributed by atoms with Crippen molar-refractivity contribution >= 4 is 11.8 Å². The zero-order valence-electron chi connectivity index (χ0n) is 12.6. The van der Waals surface area contributed by atoms with Crippen molar-refractivity contribution in [1.82, 2.24) is 14.9 Å². The van der Waals surface area contributed by atoms with Crippen LogP contribution >= 0.6 is 0 Å². The second kappa shape index (κ2) is 6.19. The third kappa shape index (κ3) is 3.35. The van der Waals surface area contributed by atoms with Gasteiger partial charge in [0.15, 0.2) is 0 Å². The van der Waals surface area contributed by atoms with Crippen molar-refractivity contribution in [2.75, 3.05) is 56.1 Å². The first-order valence-electron chi connectivity index (χ1n) is 7.18. The summed E-state index contributed by atoms with van der Waals surface area (Å²) in [6.07, 6.45) is 0. The Bertz CT molecular complexity index is 408. The quantitative estimate of drug-likeness (QED) is 0.820. The van der Waals surface area contributed by atoms with Gasteiger partial charge in [-0.2, -0.15) is 4.98 Å². The van der Waals surface area contributed by atoms with Crippen LogP contribution in [-0.4, -0.2) is 61.2 Å². The highest BCUT2D eigenvalue weighted by Gasteiger charge is 2.18. The Morgan fingerprint density at radius 2 is 1.74 bits per heavy atom. The van der Waals surface area contributed by atoms with E-state index in [4.69, 9.17) is 4.98 Å². The van der Waals surface area contributed by atoms with Gasteiger partial charge in [0.2, 0.25) is 5.95 Å². The number of anilines is 2. The van der Waals surface area contributed by atoms with E-state index in [1.807, 2.05) is 6.92 Å². The van der Waals surface area contributed by atoms with Crippen LogP contribution in [-0.2, 0) is 0 Å². The highest BCUT2D eigenvalue weighted by molar-refractivity contribution is 5.46. The molecule has 1 saturated heterocycles. The van der Waals surface area contributed by atoms with E-state index in [1.165, 1.54) is 0 Å². The Morgan fingerprint density at radius 3 is 2.32 bits per heavy atom. The summed E-state index contributed by atoms with van der Waals surface area (Å²) < 4.78 is 0. The predicted molar refractivity (Wildman–Crippen MR) is 80.0 cm³/mol. The maximum atomic E-state index is 4.75. The Balaban J connectivity index is 2.21. The minimum atomic E-state index is 0.884. The highest BCUT2D eigenvalue weighted by atomic mass is 15.3. The number of aryl methyl sites for hydroxylation is 1. The van der Waals surface area contributed by atoms with Gasteiger partial charge in [-0.25, -0.2) is 4.98 Å². The molecule has 0 atom stereocenters. The highest BCUT2D eigenvalue weighted by Crippen LogP contribution is 2.18. The van der Waals surface area contributed by atoms with Crippen LogP contribution in [0, 0.1) is 6.92 Å². The van der Waals surface area contributed by atoms with E-state index >= 15 is 0 Å². The van der Waals surface area contributed by atoms with Crippen molar-refractivity contribution < 1.29 is 0 Å². The van der Waals surface area contributed by atoms with Crippen LogP contribution in [0.4, 0.5) is 11.8 Å². The van der Waals surface area contributed by atoms with Gasteiger partial charge in [0.1, 0.15) is 5.82 Å². The molecule has 0 bridgehead atoms. The Morgan fingerprint density at radius 1 is 1.11 bits per heavy atom. The topological polar surface area (TPSA) is 35.5 Å². The van der Waals surface area contributed by atoms with Crippen molar-refractivity contribution in [2.45, 2.75) is 20.8 Å². The molecule has 0 unspecified atom stereocenters. The van der Waals surface area contributed by atoms with Crippen molar-refractivity contribution in [3.63, 3.8) is 0 Å². The summed E-state index contributed by atoms with van der Waals surface area (Å²) >= 11 is 0. The van der Waals surface area contributed by atoms with Gasteiger partial charge >= 0.3 is 0 Å². The minimum Gasteiger partial charge on any atom is -0.357 e. The average molecular weight is 263 g/mol. The van der Waals surface area contributed by atoms with E-state index in [0.717, 1.165) is 56.7 Å². The number of likely N-dealkylation sites (N-methyl/N-ethyl adjacent to an activating group) is 1. The number of rotatable bonds is 4. The summed E-state index contributed by atoms with van der Waals surface area (Å²) in [4.78, 5) is 16.3. The molecule has 2 heterocycles. The molecule has 5 heteroatoms. The van der Waals surface area contributed by atoms with Crippen LogP contribution < -0.4 is 9.80 Å². The summed E-state index contributed by atoms with van der Waals surface area (Å²) in [5, 5.41) is 0. The van der Waals surface area contributed by atoms with Crippen LogP contribution in [0.25, 0.3) is 0 Å². The first-order valence-corrected chi connectivity index (χ1v) is 7.18. The van der Waals surface area contributed by atoms with E-state index in [1.54, 1.807) is 0 Å². The van der Waals surface area contributed by atoms with E-state index < -0.39 is 0 Å². The van der Waals surface area contributed by atoms with E-state index in [9.17, 15) is 0 Å². The number of aromatic nitrogens is 2. The van der Waals surface area contributed by atoms with Crippen LogP contribution in [0.1, 0.15) is 19.5 Å². The molecule has 0 N–H and O–H groups in total. The van der Waals surface area contributed by atoms with Gasteiger partial charge in [-0.3, -0.25) is 0 Å². The van der Waals surface area contributed by atoms with Crippen LogP contribution in [0.2, 0.25) is 0 Å². The molecule has 106 valence electrons. The summed E-state index contributed by atoms with van der Waals surface area (Å²) in [6.45, 7) is 12.5. The van der Waals surface area contributed by atoms with Crippen LogP contribution in [0.5, 0.6) is 0 Å². The molecule has 1 aliphatic rings. The smallest absolute Gasteiger partial charge is 0.227 e. The Labute approximate surface area is 116 Å². The summed E-state index contributed by atoms with van der Waals surface area (Å²) in [6, 6.07) is 2.08. The molecule has 0 aliphatic carbocycles. The van der Waals surface area contributed by atoms with Gasteiger partial charge in [-0.1, -0.05) is 0 Å². The third-order valence-electron chi connectivity index (χ3n) is 3.70. The fraction of sp³-hybridized carbons (Fsp3) is 0.714. The second-order valence-electron chi connectivity index (χ2n) is 5.13. The lowest BCUT2D eigenvalue weighted by atomic mass is 10.3. The fourth-order valence-electron chi connectivity index (χ4n) is 2.39. The number of nitrogens with zero attached hydrogens (tertiary/aromatic N) is 5. The molecule has 1 aromatic heterocycles. The van der Waals surface area contributed by atoms with Gasteiger partial charge in [-0.05, 0) is 27.8 Å². The van der Waals surface area contributed by atoms with Gasteiger partial charge in [0.25, 0.3) is 0 Å². The molecule has 19 heavy (non-hydrogen) atoms. The molecule has 1 aromatic rings. The largest absolute Gasteiger partial charge is 0.357 e. The van der Waals surface area contributed by atoms with Crippen molar-refractivity contribution in [3.05, 3.63) is 11.8 Å². The first-order chi connectivity index (χ1) is 9.13. The molecule has 0 radical (unpaired) electrons. The number of hydrogen-bond acceptors (Lipinski definition) is 5. The molecule has 0 saturated carbocycles. The SMILES string of the molecule is CCN(CC)c1cc(C)nc(N2CCN(C)CC2)n1. The van der Waals surface area contributed by atoms with Crippen molar-refractivity contribution in [2.24, 2.45) is 0 Å². The maximum Gasteiger partial charge on any atom is 0.227 e. The van der Waals surface area contributed by atoms with Crippen molar-refractivity contribution in [3.8, 4) is 0 Å². The summed E-state index contributed by atoms with van der Waals surface area (Å²) in [5.74, 6) is 1.93.